The predicted octanol–water partition coefficient (Wildman–Crippen LogP) is 3.06. The Morgan fingerprint density at radius 3 is 2.42 bits per heavy atom. The third kappa shape index (κ3) is 2.63. The van der Waals surface area contributed by atoms with Crippen molar-refractivity contribution >= 4 is 5.82 Å². The summed E-state index contributed by atoms with van der Waals surface area (Å²) in [6.45, 7) is 7.02. The average Bonchev–Trinajstić information content (AvgIpc) is 2.71. The lowest BCUT2D eigenvalue weighted by molar-refractivity contribution is 0.590. The van der Waals surface area contributed by atoms with Crippen molar-refractivity contribution in [1.82, 2.24) is 9.55 Å². The molecule has 3 heteroatoms. The molecule has 0 saturated carbocycles. The minimum absolute atomic E-state index is 0.146. The summed E-state index contributed by atoms with van der Waals surface area (Å²) < 4.78 is 1.77. The molecule has 0 saturated heterocycles. The van der Waals surface area contributed by atoms with Crippen molar-refractivity contribution in [3.63, 3.8) is 0 Å². The fraction of sp³-hybridized carbons (Fsp3) is 0.312. The maximum atomic E-state index is 6.05. The van der Waals surface area contributed by atoms with E-state index in [9.17, 15) is 0 Å². The van der Waals surface area contributed by atoms with E-state index in [1.54, 1.807) is 10.9 Å². The Kier molecular flexibility index (Phi) is 3.35. The van der Waals surface area contributed by atoms with Crippen LogP contribution in [0.2, 0.25) is 0 Å². The molecular weight excluding hydrogens is 234 g/mol. The van der Waals surface area contributed by atoms with Gasteiger partial charge in [0.25, 0.3) is 0 Å². The second-order valence-electron chi connectivity index (χ2n) is 5.64. The van der Waals surface area contributed by atoms with Crippen LogP contribution in [0.1, 0.15) is 26.3 Å². The van der Waals surface area contributed by atoms with Crippen molar-refractivity contribution in [3.05, 3.63) is 36.2 Å². The van der Waals surface area contributed by atoms with Crippen LogP contribution in [-0.2, 0) is 12.0 Å². The molecular formula is C16H19N3. The number of aromatic nitrogens is 2. The molecule has 0 spiro atoms. The highest BCUT2D eigenvalue weighted by Crippen LogP contribution is 2.28. The van der Waals surface area contributed by atoms with Gasteiger partial charge in [-0.3, -0.25) is 0 Å². The average molecular weight is 253 g/mol. The molecule has 19 heavy (non-hydrogen) atoms. The van der Waals surface area contributed by atoms with E-state index in [1.807, 2.05) is 0 Å². The van der Waals surface area contributed by atoms with Crippen LogP contribution in [0.3, 0.4) is 0 Å². The number of rotatable bonds is 2. The number of hydrogen-bond donors (Lipinski definition) is 1. The minimum Gasteiger partial charge on any atom is -0.383 e. The molecule has 2 N–H and O–H groups in total. The third-order valence-corrected chi connectivity index (χ3v) is 3.16. The molecule has 0 atom stereocenters. The maximum absolute atomic E-state index is 6.05. The Labute approximate surface area is 114 Å². The first kappa shape index (κ1) is 13.2. The van der Waals surface area contributed by atoms with Gasteiger partial charge in [-0.05, 0) is 11.0 Å². The van der Waals surface area contributed by atoms with Gasteiger partial charge in [0.15, 0.2) is 0 Å². The van der Waals surface area contributed by atoms with Crippen LogP contribution in [0.15, 0.2) is 30.6 Å². The van der Waals surface area contributed by atoms with E-state index in [4.69, 9.17) is 12.2 Å². The van der Waals surface area contributed by atoms with E-state index in [0.717, 1.165) is 11.3 Å². The van der Waals surface area contributed by atoms with Crippen molar-refractivity contribution < 1.29 is 0 Å². The molecule has 1 heterocycles. The number of benzene rings is 1. The van der Waals surface area contributed by atoms with Crippen molar-refractivity contribution in [1.29, 1.82) is 0 Å². The smallest absolute Gasteiger partial charge is 0.132 e. The first-order valence-electron chi connectivity index (χ1n) is 6.28. The molecule has 1 aromatic heterocycles. The third-order valence-electron chi connectivity index (χ3n) is 3.16. The minimum atomic E-state index is 0.146. The molecule has 0 amide bonds. The van der Waals surface area contributed by atoms with E-state index >= 15 is 0 Å². The quantitative estimate of drug-likeness (QED) is 0.836. The Balaban J connectivity index is 2.36. The Hall–Kier alpha value is -2.21. The molecule has 0 aliphatic carbocycles. The predicted molar refractivity (Wildman–Crippen MR) is 79.6 cm³/mol. The van der Waals surface area contributed by atoms with Gasteiger partial charge < -0.3 is 10.3 Å². The van der Waals surface area contributed by atoms with Gasteiger partial charge >= 0.3 is 0 Å². The number of imidazole rings is 1. The van der Waals surface area contributed by atoms with Crippen molar-refractivity contribution in [2.75, 3.05) is 5.73 Å². The highest BCUT2D eigenvalue weighted by Gasteiger charge is 2.14. The molecule has 98 valence electrons. The molecule has 0 aliphatic rings. The summed E-state index contributed by atoms with van der Waals surface area (Å²) in [5.41, 5.74) is 9.29. The molecule has 3 nitrogen and oxygen atoms in total. The molecule has 0 bridgehead atoms. The van der Waals surface area contributed by atoms with Gasteiger partial charge in [-0.1, -0.05) is 51.0 Å². The van der Waals surface area contributed by atoms with Crippen molar-refractivity contribution in [2.24, 2.45) is 0 Å². The number of nitrogens with zero attached hydrogens (tertiary/aromatic N) is 2. The highest BCUT2D eigenvalue weighted by molar-refractivity contribution is 5.70. The standard InChI is InChI=1S/C16H19N3/c1-5-10-19-11-18-14(15(19)17)12-6-8-13(9-7-12)16(2,3)4/h1,6-9,11H,10,17H2,2-4H3. The van der Waals surface area contributed by atoms with E-state index < -0.39 is 0 Å². The van der Waals surface area contributed by atoms with Gasteiger partial charge in [0, 0.05) is 5.56 Å². The molecule has 2 aromatic rings. The lowest BCUT2D eigenvalue weighted by Gasteiger charge is -2.19. The number of terminal acetylenes is 1. The number of hydrogen-bond acceptors (Lipinski definition) is 2. The second kappa shape index (κ2) is 4.81. The van der Waals surface area contributed by atoms with Gasteiger partial charge in [-0.15, -0.1) is 6.42 Å². The molecule has 0 fully saturated rings. The van der Waals surface area contributed by atoms with Crippen LogP contribution < -0.4 is 5.73 Å². The second-order valence-corrected chi connectivity index (χ2v) is 5.64. The van der Waals surface area contributed by atoms with Crippen LogP contribution in [0.5, 0.6) is 0 Å². The summed E-state index contributed by atoms with van der Waals surface area (Å²) in [6, 6.07) is 8.35. The zero-order chi connectivity index (χ0) is 14.0. The monoisotopic (exact) mass is 253 g/mol. The normalized spacial score (nSPS) is 11.3. The van der Waals surface area contributed by atoms with E-state index in [0.29, 0.717) is 12.4 Å². The van der Waals surface area contributed by atoms with E-state index in [1.165, 1.54) is 5.56 Å². The first-order chi connectivity index (χ1) is 8.93. The van der Waals surface area contributed by atoms with Crippen LogP contribution in [-0.4, -0.2) is 9.55 Å². The zero-order valence-electron chi connectivity index (χ0n) is 11.6. The molecule has 1 aromatic carbocycles. The maximum Gasteiger partial charge on any atom is 0.132 e. The summed E-state index contributed by atoms with van der Waals surface area (Å²) >= 11 is 0. The van der Waals surface area contributed by atoms with Crippen LogP contribution in [0.4, 0.5) is 5.82 Å². The van der Waals surface area contributed by atoms with Crippen LogP contribution in [0.25, 0.3) is 11.3 Å². The molecule has 0 aliphatic heterocycles. The topological polar surface area (TPSA) is 43.8 Å². The molecule has 2 rings (SSSR count). The Morgan fingerprint density at radius 2 is 1.89 bits per heavy atom. The molecule has 0 unspecified atom stereocenters. The van der Waals surface area contributed by atoms with Crippen molar-refractivity contribution in [3.8, 4) is 23.6 Å². The largest absolute Gasteiger partial charge is 0.383 e. The Bertz CT molecular complexity index is 607. The van der Waals surface area contributed by atoms with Crippen LogP contribution >= 0.6 is 0 Å². The lowest BCUT2D eigenvalue weighted by atomic mass is 9.86. The van der Waals surface area contributed by atoms with Gasteiger partial charge in [-0.25, -0.2) is 4.98 Å². The Morgan fingerprint density at radius 1 is 1.26 bits per heavy atom. The van der Waals surface area contributed by atoms with Gasteiger partial charge in [0.2, 0.25) is 0 Å². The summed E-state index contributed by atoms with van der Waals surface area (Å²) in [6.07, 6.45) is 6.97. The van der Waals surface area contributed by atoms with E-state index in [-0.39, 0.29) is 5.41 Å². The number of nitrogen functional groups attached to an aromatic ring is 1. The van der Waals surface area contributed by atoms with Gasteiger partial charge in [-0.2, -0.15) is 0 Å². The highest BCUT2D eigenvalue weighted by atomic mass is 15.1. The fourth-order valence-corrected chi connectivity index (χ4v) is 1.97. The SMILES string of the molecule is C#CCn1cnc(-c2ccc(C(C)(C)C)cc2)c1N. The van der Waals surface area contributed by atoms with Gasteiger partial charge in [0.1, 0.15) is 11.5 Å². The summed E-state index contributed by atoms with van der Waals surface area (Å²) in [5.74, 6) is 3.17. The van der Waals surface area contributed by atoms with Crippen LogP contribution in [0, 0.1) is 12.3 Å². The number of anilines is 1. The summed E-state index contributed by atoms with van der Waals surface area (Å²) in [5, 5.41) is 0. The fourth-order valence-electron chi connectivity index (χ4n) is 1.97. The summed E-state index contributed by atoms with van der Waals surface area (Å²) in [4.78, 5) is 4.34. The number of nitrogens with two attached hydrogens (primary N) is 1. The van der Waals surface area contributed by atoms with Crippen molar-refractivity contribution in [2.45, 2.75) is 32.7 Å². The first-order valence-corrected chi connectivity index (χ1v) is 6.28. The van der Waals surface area contributed by atoms with E-state index in [2.05, 4.69) is 55.9 Å². The lowest BCUT2D eigenvalue weighted by Crippen LogP contribution is -2.10. The zero-order valence-corrected chi connectivity index (χ0v) is 11.6. The molecule has 0 radical (unpaired) electrons. The summed E-state index contributed by atoms with van der Waals surface area (Å²) in [7, 11) is 0. The van der Waals surface area contributed by atoms with Gasteiger partial charge in [0.05, 0.1) is 12.9 Å².